The molecule has 0 radical (unpaired) electrons. The Morgan fingerprint density at radius 2 is 1.96 bits per heavy atom. The molecule has 0 bridgehead atoms. The lowest BCUT2D eigenvalue weighted by molar-refractivity contribution is 0.0693. The number of thiazole rings is 1. The van der Waals surface area contributed by atoms with E-state index in [1.54, 1.807) is 11.3 Å². The number of carbonyl (C=O) groups excluding carboxylic acids is 1. The van der Waals surface area contributed by atoms with Crippen LogP contribution in [0, 0.1) is 18.8 Å². The molecular weight excluding hydrogens is 365 g/mol. The number of aromatic nitrogens is 1. The summed E-state index contributed by atoms with van der Waals surface area (Å²) in [6.45, 7) is 12.4. The van der Waals surface area contributed by atoms with Crippen LogP contribution in [0.25, 0.3) is 0 Å². The van der Waals surface area contributed by atoms with Crippen molar-refractivity contribution in [2.45, 2.75) is 47.0 Å². The minimum Gasteiger partial charge on any atom is -0.338 e. The van der Waals surface area contributed by atoms with Gasteiger partial charge in [-0.25, -0.2) is 4.98 Å². The molecule has 24 heavy (non-hydrogen) atoms. The number of amides is 1. The zero-order valence-corrected chi connectivity index (χ0v) is 17.6. The van der Waals surface area contributed by atoms with Crippen LogP contribution in [0.5, 0.6) is 0 Å². The molecule has 2 rings (SSSR count). The quantitative estimate of drug-likeness (QED) is 0.792. The van der Waals surface area contributed by atoms with E-state index in [1.807, 2.05) is 11.8 Å². The van der Waals surface area contributed by atoms with Crippen LogP contribution < -0.4 is 5.32 Å². The monoisotopic (exact) mass is 395 g/mol. The molecule has 0 unspecified atom stereocenters. The zero-order chi connectivity index (χ0) is 16.1. The third-order valence-electron chi connectivity index (χ3n) is 4.18. The van der Waals surface area contributed by atoms with Gasteiger partial charge >= 0.3 is 0 Å². The molecule has 1 aliphatic heterocycles. The number of rotatable bonds is 6. The smallest absolute Gasteiger partial charge is 0.265 e. The first-order valence-corrected chi connectivity index (χ1v) is 9.29. The second-order valence-electron chi connectivity index (χ2n) is 6.65. The van der Waals surface area contributed by atoms with Crippen molar-refractivity contribution < 1.29 is 4.79 Å². The van der Waals surface area contributed by atoms with Gasteiger partial charge in [-0.15, -0.1) is 36.2 Å². The third kappa shape index (κ3) is 6.51. The summed E-state index contributed by atoms with van der Waals surface area (Å²) in [7, 11) is 0. The largest absolute Gasteiger partial charge is 0.338 e. The van der Waals surface area contributed by atoms with Crippen LogP contribution >= 0.6 is 36.2 Å². The number of nitrogens with one attached hydrogen (secondary N) is 1. The SMILES string of the molecule is CCNCC1CCN(C(=O)c2sc(C)nc2CC(C)C)CC1.Cl.Cl. The highest BCUT2D eigenvalue weighted by atomic mass is 35.5. The molecule has 1 N–H and O–H groups in total. The molecule has 1 aromatic rings. The van der Waals surface area contributed by atoms with Crippen LogP contribution in [-0.2, 0) is 6.42 Å². The Hall–Kier alpha value is -0.360. The van der Waals surface area contributed by atoms with Gasteiger partial charge in [0.15, 0.2) is 0 Å². The lowest BCUT2D eigenvalue weighted by Gasteiger charge is -2.32. The highest BCUT2D eigenvalue weighted by molar-refractivity contribution is 7.13. The summed E-state index contributed by atoms with van der Waals surface area (Å²) in [5.74, 6) is 1.43. The average Bonchev–Trinajstić information content (AvgIpc) is 2.84. The standard InChI is InChI=1S/C17H29N3OS.2ClH/c1-5-18-11-14-6-8-20(9-7-14)17(21)16-15(10-12(2)3)19-13(4)22-16;;/h12,14,18H,5-11H2,1-4H3;2*1H. The molecule has 1 saturated heterocycles. The topological polar surface area (TPSA) is 45.2 Å². The van der Waals surface area contributed by atoms with Gasteiger partial charge in [-0.05, 0) is 51.1 Å². The van der Waals surface area contributed by atoms with Gasteiger partial charge in [0, 0.05) is 13.1 Å². The summed E-state index contributed by atoms with van der Waals surface area (Å²) in [5, 5.41) is 4.42. The third-order valence-corrected chi connectivity index (χ3v) is 5.19. The predicted molar refractivity (Wildman–Crippen MR) is 107 cm³/mol. The highest BCUT2D eigenvalue weighted by Gasteiger charge is 2.26. The van der Waals surface area contributed by atoms with Crippen LogP contribution in [0.15, 0.2) is 0 Å². The number of piperidine rings is 1. The molecule has 0 spiro atoms. The first kappa shape index (κ1) is 23.6. The van der Waals surface area contributed by atoms with Gasteiger partial charge in [0.2, 0.25) is 0 Å². The predicted octanol–water partition coefficient (Wildman–Crippen LogP) is 3.96. The molecule has 1 amide bonds. The number of nitrogens with zero attached hydrogens (tertiary/aromatic N) is 2. The number of aryl methyl sites for hydroxylation is 1. The Kier molecular flexibility index (Phi) is 11.1. The van der Waals surface area contributed by atoms with Crippen molar-refractivity contribution in [3.05, 3.63) is 15.6 Å². The summed E-state index contributed by atoms with van der Waals surface area (Å²) >= 11 is 1.56. The molecule has 0 aromatic carbocycles. The van der Waals surface area contributed by atoms with E-state index in [2.05, 4.69) is 31.1 Å². The maximum absolute atomic E-state index is 12.8. The fraction of sp³-hybridized carbons (Fsp3) is 0.765. The van der Waals surface area contributed by atoms with Gasteiger partial charge in [0.05, 0.1) is 10.7 Å². The fourth-order valence-corrected chi connectivity index (χ4v) is 3.91. The van der Waals surface area contributed by atoms with Gasteiger partial charge in [0.1, 0.15) is 4.88 Å². The Bertz CT molecular complexity index is 500. The van der Waals surface area contributed by atoms with Gasteiger partial charge < -0.3 is 10.2 Å². The Morgan fingerprint density at radius 3 is 2.50 bits per heavy atom. The molecule has 7 heteroatoms. The summed E-state index contributed by atoms with van der Waals surface area (Å²) < 4.78 is 0. The molecule has 2 heterocycles. The van der Waals surface area contributed by atoms with E-state index < -0.39 is 0 Å². The Morgan fingerprint density at radius 1 is 1.33 bits per heavy atom. The summed E-state index contributed by atoms with van der Waals surface area (Å²) in [5.41, 5.74) is 0.997. The van der Waals surface area contributed by atoms with Crippen molar-refractivity contribution >= 4 is 42.1 Å². The van der Waals surface area contributed by atoms with E-state index in [9.17, 15) is 4.79 Å². The van der Waals surface area contributed by atoms with Gasteiger partial charge in [-0.2, -0.15) is 0 Å². The van der Waals surface area contributed by atoms with E-state index >= 15 is 0 Å². The Balaban J connectivity index is 0.00000264. The molecule has 140 valence electrons. The molecule has 4 nitrogen and oxygen atoms in total. The second kappa shape index (κ2) is 11.3. The van der Waals surface area contributed by atoms with Crippen molar-refractivity contribution in [3.8, 4) is 0 Å². The second-order valence-corrected chi connectivity index (χ2v) is 7.85. The maximum atomic E-state index is 12.8. The van der Waals surface area contributed by atoms with Crippen LogP contribution in [-0.4, -0.2) is 42.0 Å². The molecule has 1 aromatic heterocycles. The number of carbonyl (C=O) groups is 1. The van der Waals surface area contributed by atoms with E-state index in [0.717, 1.165) is 61.0 Å². The maximum Gasteiger partial charge on any atom is 0.265 e. The summed E-state index contributed by atoms with van der Waals surface area (Å²) in [4.78, 5) is 20.3. The normalized spacial score (nSPS) is 15.1. The number of halogens is 2. The Labute approximate surface area is 162 Å². The summed E-state index contributed by atoms with van der Waals surface area (Å²) in [6.07, 6.45) is 3.11. The first-order chi connectivity index (χ1) is 10.5. The molecule has 0 atom stereocenters. The number of hydrogen-bond acceptors (Lipinski definition) is 4. The number of hydrogen-bond donors (Lipinski definition) is 1. The molecule has 0 aliphatic carbocycles. The van der Waals surface area contributed by atoms with Crippen molar-refractivity contribution in [1.82, 2.24) is 15.2 Å². The minimum absolute atomic E-state index is 0. The molecule has 0 saturated carbocycles. The number of likely N-dealkylation sites (tertiary alicyclic amines) is 1. The molecule has 1 aliphatic rings. The summed E-state index contributed by atoms with van der Waals surface area (Å²) in [6, 6.07) is 0. The lowest BCUT2D eigenvalue weighted by atomic mass is 9.96. The van der Waals surface area contributed by atoms with Crippen molar-refractivity contribution in [2.24, 2.45) is 11.8 Å². The van der Waals surface area contributed by atoms with Gasteiger partial charge in [-0.3, -0.25) is 4.79 Å². The fourth-order valence-electron chi connectivity index (χ4n) is 2.99. The van der Waals surface area contributed by atoms with E-state index in [4.69, 9.17) is 0 Å². The van der Waals surface area contributed by atoms with Crippen LogP contribution in [0.1, 0.15) is 54.0 Å². The van der Waals surface area contributed by atoms with Gasteiger partial charge in [0.25, 0.3) is 5.91 Å². The van der Waals surface area contributed by atoms with Crippen LogP contribution in [0.2, 0.25) is 0 Å². The molecular formula is C17H31Cl2N3OS. The lowest BCUT2D eigenvalue weighted by Crippen LogP contribution is -2.40. The van der Waals surface area contributed by atoms with E-state index in [1.165, 1.54) is 0 Å². The van der Waals surface area contributed by atoms with Crippen LogP contribution in [0.4, 0.5) is 0 Å². The van der Waals surface area contributed by atoms with Crippen molar-refractivity contribution in [2.75, 3.05) is 26.2 Å². The first-order valence-electron chi connectivity index (χ1n) is 8.47. The zero-order valence-electron chi connectivity index (χ0n) is 15.1. The highest BCUT2D eigenvalue weighted by Crippen LogP contribution is 2.25. The molecule has 1 fully saturated rings. The van der Waals surface area contributed by atoms with Crippen molar-refractivity contribution in [1.29, 1.82) is 0 Å². The van der Waals surface area contributed by atoms with E-state index in [-0.39, 0.29) is 30.7 Å². The van der Waals surface area contributed by atoms with Crippen LogP contribution in [0.3, 0.4) is 0 Å². The van der Waals surface area contributed by atoms with Gasteiger partial charge in [-0.1, -0.05) is 20.8 Å². The van der Waals surface area contributed by atoms with E-state index in [0.29, 0.717) is 11.8 Å². The van der Waals surface area contributed by atoms with Crippen molar-refractivity contribution in [3.63, 3.8) is 0 Å². The average molecular weight is 396 g/mol. The minimum atomic E-state index is 0.